The van der Waals surface area contributed by atoms with Crippen LogP contribution in [0.25, 0.3) is 0 Å². The molecule has 3 nitrogen and oxygen atoms in total. The molecule has 0 aliphatic rings. The van der Waals surface area contributed by atoms with Gasteiger partial charge in [0.15, 0.2) is 0 Å². The van der Waals surface area contributed by atoms with E-state index in [4.69, 9.17) is 0 Å². The van der Waals surface area contributed by atoms with Gasteiger partial charge in [0.2, 0.25) is 0 Å². The average Bonchev–Trinajstić information content (AvgIpc) is 2.04. The molecule has 0 fully saturated rings. The molecule has 0 unspecified atom stereocenters. The highest BCUT2D eigenvalue weighted by Crippen LogP contribution is 2.00. The zero-order chi connectivity index (χ0) is 9.68. The van der Waals surface area contributed by atoms with Gasteiger partial charge in [0, 0.05) is 6.92 Å². The van der Waals surface area contributed by atoms with Crippen LogP contribution in [0.2, 0.25) is 0 Å². The van der Waals surface area contributed by atoms with Crippen LogP contribution in [0, 0.1) is 0 Å². The van der Waals surface area contributed by atoms with Gasteiger partial charge in [0.1, 0.15) is 0 Å². The van der Waals surface area contributed by atoms with Gasteiger partial charge in [-0.1, -0.05) is 30.3 Å². The van der Waals surface area contributed by atoms with Crippen molar-refractivity contribution in [1.29, 1.82) is 0 Å². The summed E-state index contributed by atoms with van der Waals surface area (Å²) in [6.07, 6.45) is 0.139. The molecule has 0 N–H and O–H groups in total. The van der Waals surface area contributed by atoms with Crippen LogP contribution in [0.5, 0.6) is 0 Å². The lowest BCUT2D eigenvalue weighted by atomic mass is 10.2. The van der Waals surface area contributed by atoms with Crippen LogP contribution in [-0.2, 0) is 20.7 Å². The summed E-state index contributed by atoms with van der Waals surface area (Å²) in [6, 6.07) is 9.13. The molecule has 0 aromatic heterocycles. The summed E-state index contributed by atoms with van der Waals surface area (Å²) in [4.78, 5) is 21.4. The molecule has 13 heavy (non-hydrogen) atoms. The molecule has 1 aromatic rings. The predicted molar refractivity (Wildman–Crippen MR) is 46.9 cm³/mol. The summed E-state index contributed by atoms with van der Waals surface area (Å²) >= 11 is 0. The number of ether oxygens (including phenoxy) is 1. The Hall–Kier alpha value is -1.64. The number of benzene rings is 1. The minimum Gasteiger partial charge on any atom is -0.393 e. The topological polar surface area (TPSA) is 43.4 Å². The van der Waals surface area contributed by atoms with E-state index in [9.17, 15) is 9.59 Å². The first-order valence-electron chi connectivity index (χ1n) is 3.93. The fraction of sp³-hybridized carbons (Fsp3) is 0.200. The number of rotatable bonds is 2. The van der Waals surface area contributed by atoms with E-state index in [1.807, 2.05) is 18.2 Å². The van der Waals surface area contributed by atoms with Crippen LogP contribution >= 0.6 is 0 Å². The Morgan fingerprint density at radius 2 is 1.85 bits per heavy atom. The quantitative estimate of drug-likeness (QED) is 0.506. The Morgan fingerprint density at radius 3 is 2.38 bits per heavy atom. The van der Waals surface area contributed by atoms with Crippen molar-refractivity contribution in [3.05, 3.63) is 35.9 Å². The third-order valence-corrected chi connectivity index (χ3v) is 1.45. The smallest absolute Gasteiger partial charge is 0.317 e. The van der Waals surface area contributed by atoms with Gasteiger partial charge in [-0.3, -0.25) is 9.59 Å². The van der Waals surface area contributed by atoms with E-state index < -0.39 is 11.9 Å². The predicted octanol–water partition coefficient (Wildman–Crippen LogP) is 1.32. The maximum absolute atomic E-state index is 11.0. The van der Waals surface area contributed by atoms with Crippen LogP contribution in [0.1, 0.15) is 12.5 Å². The zero-order valence-electron chi connectivity index (χ0n) is 7.32. The van der Waals surface area contributed by atoms with Gasteiger partial charge < -0.3 is 4.74 Å². The van der Waals surface area contributed by atoms with Crippen molar-refractivity contribution in [2.24, 2.45) is 0 Å². The fourth-order valence-electron chi connectivity index (χ4n) is 0.959. The summed E-state index contributed by atoms with van der Waals surface area (Å²) in [5, 5.41) is 0. The van der Waals surface area contributed by atoms with Crippen LogP contribution in [0.15, 0.2) is 30.3 Å². The lowest BCUT2D eigenvalue weighted by molar-refractivity contribution is -0.157. The molecule has 0 heterocycles. The first-order chi connectivity index (χ1) is 6.18. The molecule has 0 spiro atoms. The monoisotopic (exact) mass is 178 g/mol. The molecule has 1 rings (SSSR count). The Balaban J connectivity index is 2.50. The Bertz CT molecular complexity index is 303. The normalized spacial score (nSPS) is 9.31. The summed E-state index contributed by atoms with van der Waals surface area (Å²) in [5.41, 5.74) is 0.841. The van der Waals surface area contributed by atoms with E-state index in [-0.39, 0.29) is 6.42 Å². The van der Waals surface area contributed by atoms with Crippen molar-refractivity contribution in [1.82, 2.24) is 0 Å². The Labute approximate surface area is 76.3 Å². The molecule has 0 aliphatic carbocycles. The Kier molecular flexibility index (Phi) is 3.20. The molecular weight excluding hydrogens is 168 g/mol. The van der Waals surface area contributed by atoms with Crippen molar-refractivity contribution in [2.45, 2.75) is 13.3 Å². The maximum Gasteiger partial charge on any atom is 0.317 e. The SMILES string of the molecule is CC(=O)OC(=O)Cc1ccccc1. The molecule has 0 atom stereocenters. The largest absolute Gasteiger partial charge is 0.393 e. The molecule has 0 radical (unpaired) electrons. The zero-order valence-corrected chi connectivity index (χ0v) is 7.32. The second kappa shape index (κ2) is 4.40. The second-order valence-corrected chi connectivity index (χ2v) is 2.63. The molecule has 1 aromatic carbocycles. The van der Waals surface area contributed by atoms with Gasteiger partial charge >= 0.3 is 11.9 Å². The van der Waals surface area contributed by atoms with E-state index >= 15 is 0 Å². The lowest BCUT2D eigenvalue weighted by Gasteiger charge is -1.99. The number of hydrogen-bond donors (Lipinski definition) is 0. The molecule has 0 saturated carbocycles. The number of hydrogen-bond acceptors (Lipinski definition) is 3. The highest BCUT2D eigenvalue weighted by Gasteiger charge is 2.06. The van der Waals surface area contributed by atoms with Gasteiger partial charge in [-0.15, -0.1) is 0 Å². The van der Waals surface area contributed by atoms with Gasteiger partial charge in [-0.25, -0.2) is 0 Å². The fourth-order valence-corrected chi connectivity index (χ4v) is 0.959. The van der Waals surface area contributed by atoms with Crippen molar-refractivity contribution in [2.75, 3.05) is 0 Å². The third-order valence-electron chi connectivity index (χ3n) is 1.45. The number of carbonyl (C=O) groups is 2. The summed E-state index contributed by atoms with van der Waals surface area (Å²) < 4.78 is 4.38. The maximum atomic E-state index is 11.0. The van der Waals surface area contributed by atoms with E-state index in [1.54, 1.807) is 12.1 Å². The van der Waals surface area contributed by atoms with Crippen LogP contribution in [0.3, 0.4) is 0 Å². The standard InChI is InChI=1S/C10H10O3/c1-8(11)13-10(12)7-9-5-3-2-4-6-9/h2-6H,7H2,1H3. The third kappa shape index (κ3) is 3.51. The molecular formula is C10H10O3. The van der Waals surface area contributed by atoms with Crippen molar-refractivity contribution >= 4 is 11.9 Å². The van der Waals surface area contributed by atoms with Crippen molar-refractivity contribution in [3.8, 4) is 0 Å². The van der Waals surface area contributed by atoms with E-state index in [1.165, 1.54) is 6.92 Å². The first-order valence-corrected chi connectivity index (χ1v) is 3.93. The minimum absolute atomic E-state index is 0.139. The summed E-state index contributed by atoms with van der Waals surface area (Å²) in [6.45, 7) is 1.21. The van der Waals surface area contributed by atoms with Crippen LogP contribution < -0.4 is 0 Å². The number of esters is 2. The van der Waals surface area contributed by atoms with E-state index in [0.717, 1.165) is 5.56 Å². The van der Waals surface area contributed by atoms with Crippen molar-refractivity contribution < 1.29 is 14.3 Å². The molecule has 68 valence electrons. The summed E-state index contributed by atoms with van der Waals surface area (Å²) in [5.74, 6) is -1.08. The van der Waals surface area contributed by atoms with Gasteiger partial charge in [-0.05, 0) is 5.56 Å². The highest BCUT2D eigenvalue weighted by molar-refractivity contribution is 5.85. The average molecular weight is 178 g/mol. The molecule has 0 bridgehead atoms. The molecule has 3 heteroatoms. The number of carbonyl (C=O) groups excluding carboxylic acids is 2. The first kappa shape index (κ1) is 9.45. The lowest BCUT2D eigenvalue weighted by Crippen LogP contribution is -2.11. The summed E-state index contributed by atoms with van der Waals surface area (Å²) in [7, 11) is 0. The van der Waals surface area contributed by atoms with E-state index in [2.05, 4.69) is 4.74 Å². The highest BCUT2D eigenvalue weighted by atomic mass is 16.6. The minimum atomic E-state index is -0.569. The van der Waals surface area contributed by atoms with Gasteiger partial charge in [0.25, 0.3) is 0 Å². The Morgan fingerprint density at radius 1 is 1.23 bits per heavy atom. The molecule has 0 aliphatic heterocycles. The molecule has 0 amide bonds. The van der Waals surface area contributed by atoms with Crippen LogP contribution in [-0.4, -0.2) is 11.9 Å². The molecule has 0 saturated heterocycles. The van der Waals surface area contributed by atoms with Gasteiger partial charge in [0.05, 0.1) is 6.42 Å². The van der Waals surface area contributed by atoms with Crippen LogP contribution in [0.4, 0.5) is 0 Å². The second-order valence-electron chi connectivity index (χ2n) is 2.63. The van der Waals surface area contributed by atoms with Gasteiger partial charge in [-0.2, -0.15) is 0 Å². The van der Waals surface area contributed by atoms with Crippen molar-refractivity contribution in [3.63, 3.8) is 0 Å². The van der Waals surface area contributed by atoms with E-state index in [0.29, 0.717) is 0 Å².